The van der Waals surface area contributed by atoms with Crippen LogP contribution in [0.1, 0.15) is 117 Å². The van der Waals surface area contributed by atoms with Gasteiger partial charge < -0.3 is 45.8 Å². The van der Waals surface area contributed by atoms with Crippen LogP contribution in [0.25, 0.3) is 0 Å². The molecule has 0 aromatic carbocycles. The Balaban J connectivity index is 5.86. The van der Waals surface area contributed by atoms with Crippen LogP contribution in [0, 0.1) is 23.7 Å². The van der Waals surface area contributed by atoms with Gasteiger partial charge in [0.2, 0.25) is 0 Å². The molecule has 0 rings (SSSR count). The molecule has 0 saturated heterocycles. The number of aliphatic hydroxyl groups excluding tert-OH is 2. The summed E-state index contributed by atoms with van der Waals surface area (Å²) in [6, 6.07) is 0. The Kier molecular flexibility index (Phi) is 23.1. The second-order valence-electron chi connectivity index (χ2n) is 12.9. The zero-order chi connectivity index (χ0) is 36.8. The lowest BCUT2D eigenvalue weighted by atomic mass is 9.87. The smallest absolute Gasteiger partial charge is 0.307 e. The molecule has 0 amide bonds. The van der Waals surface area contributed by atoms with E-state index in [9.17, 15) is 49.2 Å². The molecule has 0 unspecified atom stereocenters. The van der Waals surface area contributed by atoms with Gasteiger partial charge in [-0.1, -0.05) is 65.7 Å². The number of nitrogens with two attached hydrogens (primary N) is 1. The van der Waals surface area contributed by atoms with Gasteiger partial charge in [-0.05, 0) is 31.1 Å². The lowest BCUT2D eigenvalue weighted by Gasteiger charge is -2.33. The fourth-order valence-corrected chi connectivity index (χ4v) is 5.50. The van der Waals surface area contributed by atoms with E-state index >= 15 is 0 Å². The second-order valence-corrected chi connectivity index (χ2v) is 12.9. The first-order valence-electron chi connectivity index (χ1n) is 16.8. The zero-order valence-electron chi connectivity index (χ0n) is 28.5. The Bertz CT molecular complexity index is 1000. The third-order valence-corrected chi connectivity index (χ3v) is 8.29. The van der Waals surface area contributed by atoms with Gasteiger partial charge in [-0.2, -0.15) is 0 Å². The van der Waals surface area contributed by atoms with Crippen molar-refractivity contribution in [3.8, 4) is 0 Å². The molecule has 0 aliphatic rings. The Labute approximate surface area is 282 Å². The first-order valence-corrected chi connectivity index (χ1v) is 16.8. The summed E-state index contributed by atoms with van der Waals surface area (Å²) in [7, 11) is 0. The molecule has 0 heterocycles. The lowest BCUT2D eigenvalue weighted by molar-refractivity contribution is -0.177. The van der Waals surface area contributed by atoms with Gasteiger partial charge >= 0.3 is 35.8 Å². The number of hydrogen-bond acceptors (Lipinski definition) is 11. The van der Waals surface area contributed by atoms with Crippen molar-refractivity contribution in [1.29, 1.82) is 0 Å². The maximum atomic E-state index is 13.0. The van der Waals surface area contributed by atoms with E-state index in [1.807, 2.05) is 13.8 Å². The van der Waals surface area contributed by atoms with Gasteiger partial charge in [-0.15, -0.1) is 0 Å². The van der Waals surface area contributed by atoms with E-state index < -0.39 is 97.8 Å². The Morgan fingerprint density at radius 2 is 1.12 bits per heavy atom. The first kappa shape index (κ1) is 44.7. The van der Waals surface area contributed by atoms with Crippen molar-refractivity contribution in [1.82, 2.24) is 0 Å². The second kappa shape index (κ2) is 24.8. The topological polar surface area (TPSA) is 268 Å². The van der Waals surface area contributed by atoms with Crippen LogP contribution in [-0.4, -0.2) is 97.4 Å². The van der Waals surface area contributed by atoms with E-state index in [0.717, 1.165) is 38.5 Å². The number of aliphatic carboxylic acids is 4. The predicted octanol–water partition coefficient (Wildman–Crippen LogP) is 3.20. The van der Waals surface area contributed by atoms with Crippen molar-refractivity contribution in [3.05, 3.63) is 0 Å². The van der Waals surface area contributed by atoms with Crippen molar-refractivity contribution >= 4 is 35.8 Å². The van der Waals surface area contributed by atoms with Crippen LogP contribution in [0.4, 0.5) is 0 Å². The predicted molar refractivity (Wildman–Crippen MR) is 172 cm³/mol. The molecule has 0 bridgehead atoms. The van der Waals surface area contributed by atoms with Gasteiger partial charge in [-0.25, -0.2) is 0 Å². The molecule has 15 heteroatoms. The minimum Gasteiger partial charge on any atom is -0.481 e. The van der Waals surface area contributed by atoms with Gasteiger partial charge in [0.15, 0.2) is 0 Å². The number of esters is 2. The summed E-state index contributed by atoms with van der Waals surface area (Å²) in [6.45, 7) is 5.72. The van der Waals surface area contributed by atoms with Crippen molar-refractivity contribution in [3.63, 3.8) is 0 Å². The third-order valence-electron chi connectivity index (χ3n) is 8.29. The highest BCUT2D eigenvalue weighted by atomic mass is 16.6. The molecule has 0 aliphatic heterocycles. The van der Waals surface area contributed by atoms with Crippen LogP contribution in [-0.2, 0) is 38.2 Å². The first-order chi connectivity index (χ1) is 22.5. The maximum absolute atomic E-state index is 13.0. The molecule has 48 heavy (non-hydrogen) atoms. The molecule has 0 aromatic rings. The van der Waals surface area contributed by atoms with Gasteiger partial charge in [0.05, 0.1) is 49.7 Å². The number of hydrogen-bond donors (Lipinski definition) is 7. The number of unbranched alkanes of at least 4 members (excludes halogenated alkanes) is 4. The normalized spacial score (nSPS) is 16.4. The van der Waals surface area contributed by atoms with E-state index in [4.69, 9.17) is 25.4 Å². The zero-order valence-corrected chi connectivity index (χ0v) is 28.5. The standard InChI is InChI=1S/C33H57NO14/c1-4-5-11-21(3)31(48-30(42)17-23(33(45)46)15-28(39)40)26(47-29(41)16-22(32(43)44)14-27(37)38)13-20(2)10-8-6-7-9-12-24(35)18-25(36)19-34/h20-26,31,35-36H,4-19,34H2,1-3H3,(H,37,38)(H,39,40)(H,43,44)(H,45,46)/t20-,21+,22+,23+,24+,25-,26-,31+/m0/s1. The quantitative estimate of drug-likeness (QED) is 0.0438. The van der Waals surface area contributed by atoms with E-state index in [1.54, 1.807) is 6.92 Å². The number of carboxylic acid groups (broad SMARTS) is 4. The molecule has 0 saturated carbocycles. The summed E-state index contributed by atoms with van der Waals surface area (Å²) >= 11 is 0. The minimum absolute atomic E-state index is 0.0821. The molecule has 15 nitrogen and oxygen atoms in total. The van der Waals surface area contributed by atoms with Crippen LogP contribution in [0.5, 0.6) is 0 Å². The number of ether oxygens (including phenoxy) is 2. The molecule has 0 fully saturated rings. The molecule has 278 valence electrons. The molecular formula is C33H57NO14. The lowest BCUT2D eigenvalue weighted by Crippen LogP contribution is -2.42. The summed E-state index contributed by atoms with van der Waals surface area (Å²) in [5, 5.41) is 56.6. The summed E-state index contributed by atoms with van der Waals surface area (Å²) in [4.78, 5) is 71.5. The summed E-state index contributed by atoms with van der Waals surface area (Å²) in [6.07, 6.45) is 0.303. The van der Waals surface area contributed by atoms with Gasteiger partial charge in [0, 0.05) is 13.0 Å². The van der Waals surface area contributed by atoms with Gasteiger partial charge in [0.1, 0.15) is 12.2 Å². The molecule has 0 radical (unpaired) electrons. The average Bonchev–Trinajstić information content (AvgIpc) is 2.98. The van der Waals surface area contributed by atoms with Crippen LogP contribution >= 0.6 is 0 Å². The molecule has 8 N–H and O–H groups in total. The number of carbonyl (C=O) groups is 6. The Morgan fingerprint density at radius 3 is 1.58 bits per heavy atom. The number of aliphatic hydroxyl groups is 2. The molecular weight excluding hydrogens is 634 g/mol. The molecule has 8 atom stereocenters. The van der Waals surface area contributed by atoms with Crippen molar-refractivity contribution in [2.45, 2.75) is 141 Å². The average molecular weight is 692 g/mol. The fourth-order valence-electron chi connectivity index (χ4n) is 5.50. The number of carboxylic acids is 4. The monoisotopic (exact) mass is 691 g/mol. The van der Waals surface area contributed by atoms with Crippen LogP contribution < -0.4 is 5.73 Å². The SMILES string of the molecule is CCCC[C@@H](C)[C@@H](OC(=O)C[C@@H](CC(=O)O)C(=O)O)[C@H](C[C@@H](C)CCCCCC[C@@H](O)C[C@H](O)CN)OC(=O)C[C@@H](CC(=O)O)C(=O)O. The van der Waals surface area contributed by atoms with Crippen molar-refractivity contribution in [2.24, 2.45) is 29.4 Å². The Hall–Kier alpha value is -3.30. The largest absolute Gasteiger partial charge is 0.481 e. The van der Waals surface area contributed by atoms with E-state index in [-0.39, 0.29) is 31.2 Å². The van der Waals surface area contributed by atoms with Crippen LogP contribution in [0.3, 0.4) is 0 Å². The maximum Gasteiger partial charge on any atom is 0.307 e. The van der Waals surface area contributed by atoms with E-state index in [0.29, 0.717) is 19.3 Å². The third kappa shape index (κ3) is 20.8. The summed E-state index contributed by atoms with van der Waals surface area (Å²) < 4.78 is 11.5. The molecule has 0 spiro atoms. The van der Waals surface area contributed by atoms with Gasteiger partial charge in [0.25, 0.3) is 0 Å². The Morgan fingerprint density at radius 1 is 0.625 bits per heavy atom. The van der Waals surface area contributed by atoms with E-state index in [1.165, 1.54) is 0 Å². The highest BCUT2D eigenvalue weighted by molar-refractivity contribution is 5.83. The number of carbonyl (C=O) groups excluding carboxylic acids is 2. The minimum atomic E-state index is -1.55. The van der Waals surface area contributed by atoms with Crippen LogP contribution in [0.15, 0.2) is 0 Å². The summed E-state index contributed by atoms with van der Waals surface area (Å²) in [5.74, 6) is -11.3. The van der Waals surface area contributed by atoms with Crippen molar-refractivity contribution in [2.75, 3.05) is 6.54 Å². The number of rotatable bonds is 29. The fraction of sp³-hybridized carbons (Fsp3) is 0.818. The van der Waals surface area contributed by atoms with Gasteiger partial charge in [-0.3, -0.25) is 28.8 Å². The van der Waals surface area contributed by atoms with E-state index in [2.05, 4.69) is 0 Å². The highest BCUT2D eigenvalue weighted by Gasteiger charge is 2.36. The molecule has 0 aliphatic carbocycles. The molecule has 0 aromatic heterocycles. The van der Waals surface area contributed by atoms with Crippen molar-refractivity contribution < 1.29 is 68.9 Å². The highest BCUT2D eigenvalue weighted by Crippen LogP contribution is 2.29. The van der Waals surface area contributed by atoms with Crippen LogP contribution in [0.2, 0.25) is 0 Å². The summed E-state index contributed by atoms with van der Waals surface area (Å²) in [5.41, 5.74) is 5.38.